The van der Waals surface area contributed by atoms with E-state index in [1.54, 1.807) is 38.4 Å². The minimum atomic E-state index is -0.557. The number of rotatable bonds is 2. The summed E-state index contributed by atoms with van der Waals surface area (Å²) in [6.07, 6.45) is 1.98. The highest BCUT2D eigenvalue weighted by atomic mass is 35.5. The smallest absolute Gasteiger partial charge is 0.410 e. The molecule has 3 aromatic rings. The third-order valence-electron chi connectivity index (χ3n) is 4.90. The minimum Gasteiger partial charge on any atom is -0.444 e. The summed E-state index contributed by atoms with van der Waals surface area (Å²) in [4.78, 5) is 31.9. The number of carbonyl (C=O) groups excluding carboxylic acids is 1. The predicted octanol–water partition coefficient (Wildman–Crippen LogP) is 4.02. The lowest BCUT2D eigenvalue weighted by Gasteiger charge is -2.24. The number of imidazole rings is 1. The molecular weight excluding hydrogens is 392 g/mol. The highest BCUT2D eigenvalue weighted by molar-refractivity contribution is 6.30. The van der Waals surface area contributed by atoms with Gasteiger partial charge in [0.25, 0.3) is 0 Å². The van der Waals surface area contributed by atoms with Crippen molar-refractivity contribution in [3.05, 3.63) is 58.1 Å². The summed E-state index contributed by atoms with van der Waals surface area (Å²) in [6, 6.07) is 10.6. The number of ether oxygens (including phenoxy) is 1. The zero-order valence-corrected chi connectivity index (χ0v) is 17.4. The summed E-state index contributed by atoms with van der Waals surface area (Å²) in [5.41, 5.74) is 1.30. The molecule has 0 radical (unpaired) electrons. The monoisotopic (exact) mass is 414 g/mol. The molecule has 1 saturated heterocycles. The third kappa shape index (κ3) is 3.74. The zero-order chi connectivity index (χ0) is 20.8. The van der Waals surface area contributed by atoms with Crippen molar-refractivity contribution in [1.82, 2.24) is 19.0 Å². The van der Waals surface area contributed by atoms with E-state index in [-0.39, 0.29) is 17.8 Å². The Kier molecular flexibility index (Phi) is 4.86. The van der Waals surface area contributed by atoms with Crippen LogP contribution in [0.3, 0.4) is 0 Å². The van der Waals surface area contributed by atoms with Gasteiger partial charge in [0, 0.05) is 24.3 Å². The normalized spacial score (nSPS) is 17.1. The maximum Gasteiger partial charge on any atom is 0.410 e. The molecule has 0 N–H and O–H groups in total. The molecule has 2 aromatic heterocycles. The Morgan fingerprint density at radius 3 is 2.62 bits per heavy atom. The van der Waals surface area contributed by atoms with Crippen LogP contribution in [-0.2, 0) is 4.74 Å². The van der Waals surface area contributed by atoms with Gasteiger partial charge in [-0.15, -0.1) is 0 Å². The molecule has 0 spiro atoms. The molecule has 1 aromatic carbocycles. The van der Waals surface area contributed by atoms with Gasteiger partial charge in [-0.3, -0.25) is 9.13 Å². The first-order valence-electron chi connectivity index (χ1n) is 9.56. The summed E-state index contributed by atoms with van der Waals surface area (Å²) >= 11 is 6.00. The molecule has 3 heterocycles. The molecule has 1 fully saturated rings. The van der Waals surface area contributed by atoms with Crippen LogP contribution < -0.4 is 5.69 Å². The van der Waals surface area contributed by atoms with E-state index in [1.165, 1.54) is 0 Å². The number of fused-ring (bicyclic) bond motifs is 1. The average molecular weight is 415 g/mol. The number of benzene rings is 1. The van der Waals surface area contributed by atoms with Gasteiger partial charge < -0.3 is 9.64 Å². The van der Waals surface area contributed by atoms with E-state index in [0.717, 1.165) is 11.2 Å². The lowest BCUT2D eigenvalue weighted by Crippen LogP contribution is -2.36. The Bertz CT molecular complexity index is 1110. The maximum absolute atomic E-state index is 13.4. The first kappa shape index (κ1) is 19.5. The highest BCUT2D eigenvalue weighted by Crippen LogP contribution is 2.27. The lowest BCUT2D eigenvalue weighted by atomic mass is 10.2. The molecule has 1 atom stereocenters. The van der Waals surface area contributed by atoms with Crippen LogP contribution in [0.1, 0.15) is 33.2 Å². The summed E-state index contributed by atoms with van der Waals surface area (Å²) in [6.45, 7) is 6.46. The maximum atomic E-state index is 13.4. The van der Waals surface area contributed by atoms with Crippen LogP contribution in [0.25, 0.3) is 16.9 Å². The quantitative estimate of drug-likeness (QED) is 0.635. The number of aromatic nitrogens is 3. The molecule has 29 heavy (non-hydrogen) atoms. The van der Waals surface area contributed by atoms with Crippen LogP contribution in [0.4, 0.5) is 4.79 Å². The van der Waals surface area contributed by atoms with E-state index in [0.29, 0.717) is 30.2 Å². The first-order valence-corrected chi connectivity index (χ1v) is 9.94. The Labute approximate surface area is 173 Å². The number of amides is 1. The van der Waals surface area contributed by atoms with E-state index in [4.69, 9.17) is 16.3 Å². The van der Waals surface area contributed by atoms with Crippen LogP contribution in [0, 0.1) is 0 Å². The van der Waals surface area contributed by atoms with Gasteiger partial charge in [-0.2, -0.15) is 0 Å². The summed E-state index contributed by atoms with van der Waals surface area (Å²) in [5.74, 6) is 0. The molecule has 1 amide bonds. The van der Waals surface area contributed by atoms with Crippen LogP contribution in [-0.4, -0.2) is 43.8 Å². The van der Waals surface area contributed by atoms with Crippen LogP contribution in [0.2, 0.25) is 5.02 Å². The summed E-state index contributed by atoms with van der Waals surface area (Å²) in [5, 5.41) is 0.604. The number of hydrogen-bond acceptors (Lipinski definition) is 4. The lowest BCUT2D eigenvalue weighted by molar-refractivity contribution is 0.0289. The van der Waals surface area contributed by atoms with E-state index >= 15 is 0 Å². The minimum absolute atomic E-state index is 0.166. The SMILES string of the molecule is CC(C)(C)OC(=O)N1CC[C@H](n2c(=O)n(-c3ccc(Cl)cc3)c3cccnc32)C1. The number of pyridine rings is 1. The van der Waals surface area contributed by atoms with Gasteiger partial charge in [0.1, 0.15) is 5.60 Å². The van der Waals surface area contributed by atoms with E-state index in [1.807, 2.05) is 39.0 Å². The van der Waals surface area contributed by atoms with Gasteiger partial charge in [-0.1, -0.05) is 11.6 Å². The van der Waals surface area contributed by atoms with Crippen LogP contribution >= 0.6 is 11.6 Å². The Balaban J connectivity index is 1.72. The average Bonchev–Trinajstić information content (AvgIpc) is 3.23. The number of carbonyl (C=O) groups is 1. The van der Waals surface area contributed by atoms with Gasteiger partial charge in [0.05, 0.1) is 17.2 Å². The standard InChI is InChI=1S/C21H23ClN4O3/c1-21(2,3)29-20(28)24-12-10-16(13-24)26-18-17(5-4-11-23-18)25(19(26)27)15-8-6-14(22)7-9-15/h4-9,11,16H,10,12-13H2,1-3H3/t16-/m0/s1. The van der Waals surface area contributed by atoms with Crippen molar-refractivity contribution in [3.63, 3.8) is 0 Å². The van der Waals surface area contributed by atoms with Gasteiger partial charge >= 0.3 is 11.8 Å². The van der Waals surface area contributed by atoms with Crippen molar-refractivity contribution in [2.24, 2.45) is 0 Å². The van der Waals surface area contributed by atoms with Crippen LogP contribution in [0.5, 0.6) is 0 Å². The Morgan fingerprint density at radius 2 is 1.93 bits per heavy atom. The molecule has 4 rings (SSSR count). The number of halogens is 1. The van der Waals surface area contributed by atoms with Crippen molar-refractivity contribution >= 4 is 28.9 Å². The molecule has 0 saturated carbocycles. The van der Waals surface area contributed by atoms with E-state index in [2.05, 4.69) is 4.98 Å². The largest absolute Gasteiger partial charge is 0.444 e. The van der Waals surface area contributed by atoms with E-state index in [9.17, 15) is 9.59 Å². The van der Waals surface area contributed by atoms with Crippen LogP contribution in [0.15, 0.2) is 47.4 Å². The topological polar surface area (TPSA) is 69.4 Å². The van der Waals surface area contributed by atoms with Crippen molar-refractivity contribution in [1.29, 1.82) is 0 Å². The second-order valence-electron chi connectivity index (χ2n) is 8.18. The fourth-order valence-electron chi connectivity index (χ4n) is 3.66. The molecule has 152 valence electrons. The van der Waals surface area contributed by atoms with Gasteiger partial charge in [-0.05, 0) is 63.6 Å². The molecule has 0 bridgehead atoms. The van der Waals surface area contributed by atoms with Crippen molar-refractivity contribution < 1.29 is 9.53 Å². The van der Waals surface area contributed by atoms with Gasteiger partial charge in [0.15, 0.2) is 5.65 Å². The van der Waals surface area contributed by atoms with Crippen molar-refractivity contribution in [2.75, 3.05) is 13.1 Å². The first-order chi connectivity index (χ1) is 13.7. The third-order valence-corrected chi connectivity index (χ3v) is 5.15. The second-order valence-corrected chi connectivity index (χ2v) is 8.62. The second kappa shape index (κ2) is 7.22. The molecule has 0 aliphatic carbocycles. The fraction of sp³-hybridized carbons (Fsp3) is 0.381. The van der Waals surface area contributed by atoms with E-state index < -0.39 is 5.60 Å². The number of likely N-dealkylation sites (tertiary alicyclic amines) is 1. The summed E-state index contributed by atoms with van der Waals surface area (Å²) in [7, 11) is 0. The molecule has 0 unspecified atom stereocenters. The summed E-state index contributed by atoms with van der Waals surface area (Å²) < 4.78 is 8.80. The number of hydrogen-bond donors (Lipinski definition) is 0. The zero-order valence-electron chi connectivity index (χ0n) is 16.6. The van der Waals surface area contributed by atoms with Crippen molar-refractivity contribution in [3.8, 4) is 5.69 Å². The molecule has 8 heteroatoms. The Hall–Kier alpha value is -2.80. The fourth-order valence-corrected chi connectivity index (χ4v) is 3.79. The predicted molar refractivity (Wildman–Crippen MR) is 112 cm³/mol. The van der Waals surface area contributed by atoms with Gasteiger partial charge in [-0.25, -0.2) is 14.6 Å². The number of nitrogens with zero attached hydrogens (tertiary/aromatic N) is 4. The molecular formula is C21H23ClN4O3. The molecule has 7 nitrogen and oxygen atoms in total. The molecule has 1 aliphatic heterocycles. The highest BCUT2D eigenvalue weighted by Gasteiger charge is 2.33. The molecule has 1 aliphatic rings. The van der Waals surface area contributed by atoms with Crippen molar-refractivity contribution in [2.45, 2.75) is 38.8 Å². The Morgan fingerprint density at radius 1 is 1.21 bits per heavy atom. The van der Waals surface area contributed by atoms with Gasteiger partial charge in [0.2, 0.25) is 0 Å².